The van der Waals surface area contributed by atoms with E-state index in [9.17, 15) is 9.59 Å². The van der Waals surface area contributed by atoms with Gasteiger partial charge in [-0.3, -0.25) is 4.79 Å². The summed E-state index contributed by atoms with van der Waals surface area (Å²) in [6.45, 7) is 16.3. The third-order valence-corrected chi connectivity index (χ3v) is 15.9. The maximum absolute atomic E-state index is 13.8. The van der Waals surface area contributed by atoms with Gasteiger partial charge in [0, 0.05) is 17.4 Å². The standard InChI is InChI=1S/C32H46O4Si/c1-30(2,3)37(6,7)36-23-15-17-31(4)22(19-23)20-26(33)28-24-13-14-27(32(24,5)18-16-25(28)31)35-29(34)21-11-9-8-10-12-21/h8-12,20,23-25,27-28H,13-19H2,1-7H3/t23-,24-,25-,27+,28-,31-,32-/m0/s1. The first-order valence-corrected chi connectivity index (χ1v) is 17.4. The Kier molecular flexibility index (Phi) is 6.67. The molecule has 4 aliphatic rings. The molecule has 0 aromatic heterocycles. The van der Waals surface area contributed by atoms with Gasteiger partial charge in [0.2, 0.25) is 0 Å². The van der Waals surface area contributed by atoms with Crippen LogP contribution < -0.4 is 0 Å². The van der Waals surface area contributed by atoms with E-state index in [1.165, 1.54) is 5.57 Å². The zero-order valence-electron chi connectivity index (χ0n) is 23.9. The van der Waals surface area contributed by atoms with E-state index in [2.05, 4.69) is 47.7 Å². The minimum absolute atomic E-state index is 0.0470. The summed E-state index contributed by atoms with van der Waals surface area (Å²) < 4.78 is 12.9. The van der Waals surface area contributed by atoms with Crippen LogP contribution in [0.4, 0.5) is 0 Å². The molecule has 3 fully saturated rings. The van der Waals surface area contributed by atoms with Crippen LogP contribution in [0.5, 0.6) is 0 Å². The summed E-state index contributed by atoms with van der Waals surface area (Å²) in [6.07, 6.45) is 9.08. The average Bonchev–Trinajstić information content (AvgIpc) is 3.15. The van der Waals surface area contributed by atoms with E-state index in [0.717, 1.165) is 44.9 Å². The van der Waals surface area contributed by atoms with Crippen LogP contribution in [0.3, 0.4) is 0 Å². The van der Waals surface area contributed by atoms with Crippen molar-refractivity contribution in [2.24, 2.45) is 28.6 Å². The van der Waals surface area contributed by atoms with Crippen molar-refractivity contribution in [1.29, 1.82) is 0 Å². The number of carbonyl (C=O) groups is 2. The lowest BCUT2D eigenvalue weighted by Crippen LogP contribution is -2.55. The van der Waals surface area contributed by atoms with Crippen molar-refractivity contribution in [3.05, 3.63) is 47.5 Å². The molecule has 0 amide bonds. The molecule has 0 heterocycles. The number of allylic oxidation sites excluding steroid dienone is 1. The molecule has 0 spiro atoms. The summed E-state index contributed by atoms with van der Waals surface area (Å²) in [5.74, 6) is 0.791. The van der Waals surface area contributed by atoms with Gasteiger partial charge in [0.15, 0.2) is 14.1 Å². The van der Waals surface area contributed by atoms with Crippen LogP contribution in [-0.2, 0) is 14.0 Å². The van der Waals surface area contributed by atoms with E-state index in [1.54, 1.807) is 0 Å². The molecule has 37 heavy (non-hydrogen) atoms. The zero-order valence-corrected chi connectivity index (χ0v) is 24.9. The number of ketones is 1. The lowest BCUT2D eigenvalue weighted by molar-refractivity contribution is -0.136. The fourth-order valence-corrected chi connectivity index (χ4v) is 9.37. The average molecular weight is 523 g/mol. The van der Waals surface area contributed by atoms with Gasteiger partial charge in [-0.2, -0.15) is 0 Å². The Balaban J connectivity index is 1.34. The normalized spacial score (nSPS) is 37.8. The first-order chi connectivity index (χ1) is 17.3. The zero-order chi connectivity index (χ0) is 26.8. The van der Waals surface area contributed by atoms with Crippen LogP contribution >= 0.6 is 0 Å². The van der Waals surface area contributed by atoms with Gasteiger partial charge in [-0.05, 0) is 98.5 Å². The summed E-state index contributed by atoms with van der Waals surface area (Å²) in [5, 5.41) is 0.187. The van der Waals surface area contributed by atoms with E-state index in [0.29, 0.717) is 17.3 Å². The Bertz CT molecular complexity index is 1090. The monoisotopic (exact) mass is 522 g/mol. The molecular formula is C32H46O4Si. The third-order valence-electron chi connectivity index (χ3n) is 11.3. The first-order valence-electron chi connectivity index (χ1n) is 14.4. The van der Waals surface area contributed by atoms with Crippen LogP contribution in [0, 0.1) is 28.6 Å². The molecule has 202 valence electrons. The summed E-state index contributed by atoms with van der Waals surface area (Å²) >= 11 is 0. The molecule has 5 heteroatoms. The number of hydrogen-bond donors (Lipinski definition) is 0. The van der Waals surface area contributed by atoms with E-state index in [1.807, 2.05) is 36.4 Å². The quantitative estimate of drug-likeness (QED) is 0.300. The van der Waals surface area contributed by atoms with E-state index < -0.39 is 8.32 Å². The Labute approximate surface area is 224 Å². The Morgan fingerprint density at radius 3 is 2.35 bits per heavy atom. The van der Waals surface area contributed by atoms with E-state index >= 15 is 0 Å². The number of hydrogen-bond acceptors (Lipinski definition) is 4. The van der Waals surface area contributed by atoms with E-state index in [-0.39, 0.29) is 45.9 Å². The molecule has 1 aromatic carbocycles. The van der Waals surface area contributed by atoms with Crippen molar-refractivity contribution in [2.45, 2.75) is 110 Å². The molecular weight excluding hydrogens is 476 g/mol. The van der Waals surface area contributed by atoms with Crippen molar-refractivity contribution in [3.63, 3.8) is 0 Å². The number of ether oxygens (including phenoxy) is 1. The predicted octanol–water partition coefficient (Wildman–Crippen LogP) is 7.74. The van der Waals surface area contributed by atoms with Crippen LogP contribution in [0.15, 0.2) is 42.0 Å². The lowest BCUT2D eigenvalue weighted by atomic mass is 9.47. The van der Waals surface area contributed by atoms with Gasteiger partial charge in [-0.1, -0.05) is 58.4 Å². The summed E-state index contributed by atoms with van der Waals surface area (Å²) in [6, 6.07) is 9.29. The fraction of sp³-hybridized carbons (Fsp3) is 0.688. The highest BCUT2D eigenvalue weighted by atomic mass is 28.4. The number of esters is 1. The van der Waals surface area contributed by atoms with Crippen molar-refractivity contribution in [2.75, 3.05) is 0 Å². The number of benzene rings is 1. The first kappa shape index (κ1) is 26.9. The predicted molar refractivity (Wildman–Crippen MR) is 150 cm³/mol. The SMILES string of the molecule is CC(C)(C)[Si](C)(C)O[C@H]1CC[C@@]2(C)C(=CC(=O)[C@H]3[C@@H]4CC[C@@H](OC(=O)c5ccccc5)[C@@]4(C)CC[C@@H]32)C1. The van der Waals surface area contributed by atoms with Gasteiger partial charge >= 0.3 is 5.97 Å². The smallest absolute Gasteiger partial charge is 0.338 e. The lowest BCUT2D eigenvalue weighted by Gasteiger charge is -2.57. The van der Waals surface area contributed by atoms with Gasteiger partial charge in [0.1, 0.15) is 6.10 Å². The van der Waals surface area contributed by atoms with Gasteiger partial charge in [-0.15, -0.1) is 0 Å². The van der Waals surface area contributed by atoms with Gasteiger partial charge in [-0.25, -0.2) is 4.79 Å². The summed E-state index contributed by atoms with van der Waals surface area (Å²) in [7, 11) is -1.85. The molecule has 0 unspecified atom stereocenters. The molecule has 7 atom stereocenters. The maximum atomic E-state index is 13.8. The molecule has 5 rings (SSSR count). The molecule has 4 nitrogen and oxygen atoms in total. The third kappa shape index (κ3) is 4.48. The minimum Gasteiger partial charge on any atom is -0.458 e. The fourth-order valence-electron chi connectivity index (χ4n) is 7.98. The largest absolute Gasteiger partial charge is 0.458 e. The Morgan fingerprint density at radius 1 is 0.973 bits per heavy atom. The molecule has 0 radical (unpaired) electrons. The number of fused-ring (bicyclic) bond motifs is 5. The number of carbonyl (C=O) groups excluding carboxylic acids is 2. The highest BCUT2D eigenvalue weighted by Crippen LogP contribution is 2.64. The van der Waals surface area contributed by atoms with Gasteiger partial charge in [0.25, 0.3) is 0 Å². The second-order valence-corrected chi connectivity index (χ2v) is 19.1. The summed E-state index contributed by atoms with van der Waals surface area (Å²) in [4.78, 5) is 26.7. The molecule has 0 saturated heterocycles. The molecule has 0 N–H and O–H groups in total. The van der Waals surface area contributed by atoms with Crippen LogP contribution in [0.25, 0.3) is 0 Å². The van der Waals surface area contributed by atoms with Crippen LogP contribution in [0.2, 0.25) is 18.1 Å². The topological polar surface area (TPSA) is 52.6 Å². The van der Waals surface area contributed by atoms with Gasteiger partial charge < -0.3 is 9.16 Å². The molecule has 0 aliphatic heterocycles. The second kappa shape index (κ2) is 9.19. The van der Waals surface area contributed by atoms with Crippen molar-refractivity contribution >= 4 is 20.1 Å². The van der Waals surface area contributed by atoms with Crippen LogP contribution in [0.1, 0.15) is 89.9 Å². The number of rotatable bonds is 4. The molecule has 4 aliphatic carbocycles. The summed E-state index contributed by atoms with van der Waals surface area (Å²) in [5.41, 5.74) is 1.88. The van der Waals surface area contributed by atoms with Crippen molar-refractivity contribution < 1.29 is 18.8 Å². The molecule has 0 bridgehead atoms. The van der Waals surface area contributed by atoms with Gasteiger partial charge in [0.05, 0.1) is 5.56 Å². The van der Waals surface area contributed by atoms with Crippen molar-refractivity contribution in [1.82, 2.24) is 0 Å². The van der Waals surface area contributed by atoms with Crippen molar-refractivity contribution in [3.8, 4) is 0 Å². The Morgan fingerprint density at radius 2 is 1.68 bits per heavy atom. The highest BCUT2D eigenvalue weighted by Gasteiger charge is 2.62. The van der Waals surface area contributed by atoms with E-state index in [4.69, 9.17) is 9.16 Å². The molecule has 1 aromatic rings. The second-order valence-electron chi connectivity index (χ2n) is 14.4. The highest BCUT2D eigenvalue weighted by molar-refractivity contribution is 6.74. The maximum Gasteiger partial charge on any atom is 0.338 e. The van der Waals surface area contributed by atoms with Crippen LogP contribution in [-0.4, -0.2) is 32.3 Å². The molecule has 3 saturated carbocycles. The Hall–Kier alpha value is -1.72. The minimum atomic E-state index is -1.85.